The maximum absolute atomic E-state index is 13.7. The van der Waals surface area contributed by atoms with Crippen molar-refractivity contribution in [3.05, 3.63) is 64.1 Å². The van der Waals surface area contributed by atoms with Crippen LogP contribution in [0.15, 0.2) is 48.5 Å². The lowest BCUT2D eigenvalue weighted by molar-refractivity contribution is -0.140. The largest absolute Gasteiger partial charge is 0.355 e. The molecule has 0 saturated carbocycles. The standard InChI is InChI=1S/C23H30Cl2N4O4S/c1-5-21(23(31)26-6-2)28(15-18-19(24)13-10-14-20(18)25)22(30)16-29(34(32,33)27(3)4)17-11-8-7-9-12-17/h7-14,21H,5-6,15-16H2,1-4H3,(H,26,31)/t21-/m0/s1. The number of hydrogen-bond donors (Lipinski definition) is 1. The van der Waals surface area contributed by atoms with Crippen molar-refractivity contribution in [1.82, 2.24) is 14.5 Å². The second-order valence-electron chi connectivity index (χ2n) is 7.67. The second-order valence-corrected chi connectivity index (χ2v) is 10.6. The molecule has 0 spiro atoms. The van der Waals surface area contributed by atoms with Crippen molar-refractivity contribution in [2.24, 2.45) is 0 Å². The first-order valence-corrected chi connectivity index (χ1v) is 12.9. The Morgan fingerprint density at radius 2 is 1.56 bits per heavy atom. The molecule has 0 unspecified atom stereocenters. The molecule has 0 saturated heterocycles. The van der Waals surface area contributed by atoms with E-state index in [1.165, 1.54) is 19.0 Å². The van der Waals surface area contributed by atoms with Crippen molar-refractivity contribution in [1.29, 1.82) is 0 Å². The maximum Gasteiger partial charge on any atom is 0.304 e. The molecule has 0 aromatic heterocycles. The molecule has 0 fully saturated rings. The molecule has 1 atom stereocenters. The Hall–Kier alpha value is -2.33. The number of anilines is 1. The molecule has 34 heavy (non-hydrogen) atoms. The molecule has 0 aliphatic carbocycles. The molecule has 0 bridgehead atoms. The first kappa shape index (κ1) is 27.9. The van der Waals surface area contributed by atoms with Gasteiger partial charge in [-0.15, -0.1) is 0 Å². The highest BCUT2D eigenvalue weighted by Gasteiger charge is 2.34. The predicted molar refractivity (Wildman–Crippen MR) is 136 cm³/mol. The molecular formula is C23H30Cl2N4O4S. The summed E-state index contributed by atoms with van der Waals surface area (Å²) in [6.45, 7) is 3.37. The molecule has 0 radical (unpaired) electrons. The SMILES string of the molecule is CCNC(=O)[C@H](CC)N(Cc1c(Cl)cccc1Cl)C(=O)CN(c1ccccc1)S(=O)(=O)N(C)C. The zero-order valence-corrected chi connectivity index (χ0v) is 22.0. The number of carbonyl (C=O) groups excluding carboxylic acids is 2. The van der Waals surface area contributed by atoms with Gasteiger partial charge in [0.05, 0.1) is 5.69 Å². The van der Waals surface area contributed by atoms with E-state index >= 15 is 0 Å². The van der Waals surface area contributed by atoms with Crippen LogP contribution in [0.2, 0.25) is 10.0 Å². The van der Waals surface area contributed by atoms with Crippen molar-refractivity contribution < 1.29 is 18.0 Å². The average molecular weight is 529 g/mol. The number of nitrogens with one attached hydrogen (secondary N) is 1. The zero-order chi connectivity index (χ0) is 25.5. The number of likely N-dealkylation sites (N-methyl/N-ethyl adjacent to an activating group) is 1. The van der Waals surface area contributed by atoms with Gasteiger partial charge >= 0.3 is 10.2 Å². The Balaban J connectivity index is 2.53. The highest BCUT2D eigenvalue weighted by atomic mass is 35.5. The van der Waals surface area contributed by atoms with Gasteiger partial charge in [0.15, 0.2) is 0 Å². The van der Waals surface area contributed by atoms with Gasteiger partial charge in [0.2, 0.25) is 11.8 Å². The van der Waals surface area contributed by atoms with Crippen LogP contribution in [-0.4, -0.2) is 62.7 Å². The van der Waals surface area contributed by atoms with Crippen molar-refractivity contribution in [2.75, 3.05) is 31.5 Å². The van der Waals surface area contributed by atoms with Gasteiger partial charge < -0.3 is 10.2 Å². The van der Waals surface area contributed by atoms with Gasteiger partial charge in [0.25, 0.3) is 0 Å². The minimum absolute atomic E-state index is 0.0579. The first-order valence-electron chi connectivity index (χ1n) is 10.8. The molecule has 1 N–H and O–H groups in total. The summed E-state index contributed by atoms with van der Waals surface area (Å²) in [7, 11) is -1.23. The van der Waals surface area contributed by atoms with Gasteiger partial charge in [0.1, 0.15) is 12.6 Å². The van der Waals surface area contributed by atoms with Crippen LogP contribution >= 0.6 is 23.2 Å². The van der Waals surface area contributed by atoms with Crippen LogP contribution in [0, 0.1) is 0 Å². The Labute approximate surface area is 211 Å². The molecule has 0 heterocycles. The van der Waals surface area contributed by atoms with Crippen molar-refractivity contribution in [2.45, 2.75) is 32.9 Å². The quantitative estimate of drug-likeness (QED) is 0.482. The molecule has 0 aliphatic heterocycles. The zero-order valence-electron chi connectivity index (χ0n) is 19.7. The summed E-state index contributed by atoms with van der Waals surface area (Å²) < 4.78 is 28.2. The van der Waals surface area contributed by atoms with E-state index in [1.54, 1.807) is 62.4 Å². The molecule has 11 heteroatoms. The third kappa shape index (κ3) is 6.63. The van der Waals surface area contributed by atoms with Gasteiger partial charge in [-0.3, -0.25) is 9.59 Å². The summed E-state index contributed by atoms with van der Waals surface area (Å²) in [5, 5.41) is 3.43. The van der Waals surface area contributed by atoms with E-state index in [2.05, 4.69) is 5.32 Å². The van der Waals surface area contributed by atoms with Crippen LogP contribution in [0.25, 0.3) is 0 Å². The van der Waals surface area contributed by atoms with Crippen LogP contribution < -0.4 is 9.62 Å². The normalized spacial score (nSPS) is 12.3. The number of amides is 2. The van der Waals surface area contributed by atoms with Crippen LogP contribution in [0.1, 0.15) is 25.8 Å². The molecule has 2 aromatic rings. The van der Waals surface area contributed by atoms with E-state index in [9.17, 15) is 18.0 Å². The van der Waals surface area contributed by atoms with Gasteiger partial charge in [-0.1, -0.05) is 54.4 Å². The highest BCUT2D eigenvalue weighted by molar-refractivity contribution is 7.90. The Bertz CT molecular complexity index is 1080. The molecule has 2 amide bonds. The van der Waals surface area contributed by atoms with Gasteiger partial charge in [-0.05, 0) is 37.6 Å². The molecule has 0 aliphatic rings. The average Bonchev–Trinajstić information content (AvgIpc) is 2.79. The second kappa shape index (κ2) is 12.4. The van der Waals surface area contributed by atoms with Gasteiger partial charge in [-0.25, -0.2) is 4.31 Å². The molecule has 2 rings (SSSR count). The maximum atomic E-state index is 13.7. The number of hydrogen-bond acceptors (Lipinski definition) is 4. The van der Waals surface area contributed by atoms with E-state index in [-0.39, 0.29) is 12.5 Å². The minimum Gasteiger partial charge on any atom is -0.355 e. The fraction of sp³-hybridized carbons (Fsp3) is 0.391. The summed E-state index contributed by atoms with van der Waals surface area (Å²) in [6, 6.07) is 12.4. The molecule has 8 nitrogen and oxygen atoms in total. The molecule has 2 aromatic carbocycles. The number of rotatable bonds is 11. The van der Waals surface area contributed by atoms with E-state index in [0.717, 1.165) is 8.61 Å². The minimum atomic E-state index is -4.01. The summed E-state index contributed by atoms with van der Waals surface area (Å²) >= 11 is 12.7. The fourth-order valence-corrected chi connectivity index (χ4v) is 4.95. The van der Waals surface area contributed by atoms with Gasteiger partial charge in [-0.2, -0.15) is 12.7 Å². The Kier molecular flexibility index (Phi) is 10.2. The number of nitrogens with zero attached hydrogens (tertiary/aromatic N) is 3. The van der Waals surface area contributed by atoms with Crippen molar-refractivity contribution in [3.63, 3.8) is 0 Å². The van der Waals surface area contributed by atoms with Crippen LogP contribution in [0.5, 0.6) is 0 Å². The molecular weight excluding hydrogens is 499 g/mol. The van der Waals surface area contributed by atoms with Crippen LogP contribution in [0.4, 0.5) is 5.69 Å². The summed E-state index contributed by atoms with van der Waals surface area (Å²) in [4.78, 5) is 27.8. The smallest absolute Gasteiger partial charge is 0.304 e. The lowest BCUT2D eigenvalue weighted by Crippen LogP contribution is -2.53. The number of carbonyl (C=O) groups is 2. The van der Waals surface area contributed by atoms with E-state index in [4.69, 9.17) is 23.2 Å². The lowest BCUT2D eigenvalue weighted by atomic mass is 10.1. The third-order valence-corrected chi connectivity index (χ3v) is 7.72. The lowest BCUT2D eigenvalue weighted by Gasteiger charge is -2.34. The number of halogens is 2. The monoisotopic (exact) mass is 528 g/mol. The van der Waals surface area contributed by atoms with Crippen LogP contribution in [0.3, 0.4) is 0 Å². The summed E-state index contributed by atoms with van der Waals surface area (Å²) in [5.41, 5.74) is 0.801. The van der Waals surface area contributed by atoms with E-state index in [1.807, 2.05) is 0 Å². The summed E-state index contributed by atoms with van der Waals surface area (Å²) in [6.07, 6.45) is 0.311. The Morgan fingerprint density at radius 3 is 2.06 bits per heavy atom. The van der Waals surface area contributed by atoms with Crippen molar-refractivity contribution in [3.8, 4) is 0 Å². The Morgan fingerprint density at radius 1 is 0.971 bits per heavy atom. The topological polar surface area (TPSA) is 90.0 Å². The summed E-state index contributed by atoms with van der Waals surface area (Å²) in [5.74, 6) is -0.911. The number of para-hydroxylation sites is 1. The third-order valence-electron chi connectivity index (χ3n) is 5.19. The van der Waals surface area contributed by atoms with Crippen LogP contribution in [-0.2, 0) is 26.3 Å². The highest BCUT2D eigenvalue weighted by Crippen LogP contribution is 2.28. The van der Waals surface area contributed by atoms with E-state index in [0.29, 0.717) is 34.3 Å². The fourth-order valence-electron chi connectivity index (χ4n) is 3.38. The van der Waals surface area contributed by atoms with Gasteiger partial charge in [0, 0.05) is 42.8 Å². The first-order chi connectivity index (χ1) is 16.0. The molecule has 186 valence electrons. The van der Waals surface area contributed by atoms with Crippen molar-refractivity contribution >= 4 is 50.9 Å². The number of benzene rings is 2. The predicted octanol–water partition coefficient (Wildman–Crippen LogP) is 3.55. The van der Waals surface area contributed by atoms with E-state index < -0.39 is 28.7 Å².